The molecule has 2 amide bonds. The van der Waals surface area contributed by atoms with E-state index in [0.717, 1.165) is 0 Å². The smallest absolute Gasteiger partial charge is 0.272 e. The highest BCUT2D eigenvalue weighted by molar-refractivity contribution is 9.10. The molecule has 0 fully saturated rings. The highest BCUT2D eigenvalue weighted by Crippen LogP contribution is 2.20. The van der Waals surface area contributed by atoms with Crippen molar-refractivity contribution in [2.75, 3.05) is 5.32 Å². The Balaban J connectivity index is 1.93. The van der Waals surface area contributed by atoms with Gasteiger partial charge < -0.3 is 10.6 Å². The van der Waals surface area contributed by atoms with Crippen molar-refractivity contribution >= 4 is 50.9 Å². The van der Waals surface area contributed by atoms with Gasteiger partial charge in [-0.1, -0.05) is 18.2 Å². The first-order chi connectivity index (χ1) is 15.7. The van der Waals surface area contributed by atoms with Crippen LogP contribution >= 0.6 is 15.9 Å². The van der Waals surface area contributed by atoms with Crippen LogP contribution in [0.25, 0.3) is 6.08 Å². The third kappa shape index (κ3) is 6.08. The van der Waals surface area contributed by atoms with E-state index in [0.29, 0.717) is 10.0 Å². The maximum Gasteiger partial charge on any atom is 0.272 e. The standard InChI is InChI=1S/C22H15BrN4O6/c23-19-7-2-1-6-18(19)21(28)25-20(12-14-8-10-16(11-9-14)26(30)31)22(29)24-15-4-3-5-17(13-15)27(32)33/h1-13H,(H,24,29)(H,25,28). The molecule has 0 saturated heterocycles. The Morgan fingerprint density at radius 3 is 2.15 bits per heavy atom. The molecule has 0 aliphatic heterocycles. The van der Waals surface area contributed by atoms with Crippen LogP contribution in [0.15, 0.2) is 83.0 Å². The van der Waals surface area contributed by atoms with Gasteiger partial charge in [0.1, 0.15) is 5.70 Å². The van der Waals surface area contributed by atoms with Gasteiger partial charge in [-0.3, -0.25) is 29.8 Å². The van der Waals surface area contributed by atoms with Gasteiger partial charge in [-0.05, 0) is 57.9 Å². The Bertz CT molecular complexity index is 1270. The van der Waals surface area contributed by atoms with Crippen molar-refractivity contribution in [2.45, 2.75) is 0 Å². The zero-order valence-electron chi connectivity index (χ0n) is 16.7. The Hall–Kier alpha value is -4.38. The van der Waals surface area contributed by atoms with Gasteiger partial charge in [0, 0.05) is 34.4 Å². The lowest BCUT2D eigenvalue weighted by Crippen LogP contribution is -2.31. The van der Waals surface area contributed by atoms with Gasteiger partial charge in [-0.2, -0.15) is 0 Å². The van der Waals surface area contributed by atoms with E-state index in [1.54, 1.807) is 24.3 Å². The average Bonchev–Trinajstić information content (AvgIpc) is 2.79. The molecular formula is C22H15BrN4O6. The number of nitrogens with zero attached hydrogens (tertiary/aromatic N) is 2. The molecular weight excluding hydrogens is 496 g/mol. The number of halogens is 1. The maximum absolute atomic E-state index is 12.9. The lowest BCUT2D eigenvalue weighted by atomic mass is 10.1. The van der Waals surface area contributed by atoms with Crippen LogP contribution in [0.4, 0.5) is 17.1 Å². The zero-order chi connectivity index (χ0) is 24.0. The second-order valence-corrected chi connectivity index (χ2v) is 7.46. The van der Waals surface area contributed by atoms with E-state index in [1.807, 2.05) is 0 Å². The zero-order valence-corrected chi connectivity index (χ0v) is 18.3. The third-order valence-corrected chi connectivity index (χ3v) is 5.03. The maximum atomic E-state index is 12.9. The Morgan fingerprint density at radius 2 is 1.52 bits per heavy atom. The predicted molar refractivity (Wildman–Crippen MR) is 124 cm³/mol. The van der Waals surface area contributed by atoms with Crippen molar-refractivity contribution in [3.63, 3.8) is 0 Å². The largest absolute Gasteiger partial charge is 0.320 e. The molecule has 0 bridgehead atoms. The SMILES string of the molecule is O=C(Nc1cccc([N+](=O)[O-])c1)C(=Cc1ccc([N+](=O)[O-])cc1)NC(=O)c1ccccc1Br. The van der Waals surface area contributed by atoms with Crippen LogP contribution in [0.3, 0.4) is 0 Å². The molecule has 3 aromatic rings. The number of nitro benzene ring substituents is 2. The number of hydrogen-bond acceptors (Lipinski definition) is 6. The number of benzene rings is 3. The minimum absolute atomic E-state index is 0.132. The minimum Gasteiger partial charge on any atom is -0.320 e. The molecule has 0 aliphatic carbocycles. The fraction of sp³-hybridized carbons (Fsp3) is 0. The van der Waals surface area contributed by atoms with Gasteiger partial charge >= 0.3 is 0 Å². The first-order valence-corrected chi connectivity index (χ1v) is 10.1. The molecule has 0 aliphatic rings. The van der Waals surface area contributed by atoms with Crippen molar-refractivity contribution in [1.29, 1.82) is 0 Å². The van der Waals surface area contributed by atoms with E-state index in [1.165, 1.54) is 54.6 Å². The van der Waals surface area contributed by atoms with Crippen LogP contribution < -0.4 is 10.6 Å². The fourth-order valence-corrected chi connectivity index (χ4v) is 3.21. The molecule has 2 N–H and O–H groups in total. The highest BCUT2D eigenvalue weighted by atomic mass is 79.9. The summed E-state index contributed by atoms with van der Waals surface area (Å²) < 4.78 is 0.510. The summed E-state index contributed by atoms with van der Waals surface area (Å²) in [7, 11) is 0. The summed E-state index contributed by atoms with van der Waals surface area (Å²) >= 11 is 3.28. The summed E-state index contributed by atoms with van der Waals surface area (Å²) in [4.78, 5) is 46.4. The minimum atomic E-state index is -0.741. The van der Waals surface area contributed by atoms with Gasteiger partial charge in [0.25, 0.3) is 23.2 Å². The molecule has 0 saturated carbocycles. The highest BCUT2D eigenvalue weighted by Gasteiger charge is 2.18. The topological polar surface area (TPSA) is 144 Å². The molecule has 0 aromatic heterocycles. The number of carbonyl (C=O) groups excluding carboxylic acids is 2. The summed E-state index contributed by atoms with van der Waals surface area (Å²) in [6, 6.07) is 17.3. The average molecular weight is 511 g/mol. The summed E-state index contributed by atoms with van der Waals surface area (Å²) in [6.45, 7) is 0. The van der Waals surface area contributed by atoms with Crippen LogP contribution in [0.2, 0.25) is 0 Å². The molecule has 11 heteroatoms. The number of hydrogen-bond donors (Lipinski definition) is 2. The monoisotopic (exact) mass is 510 g/mol. The van der Waals surface area contributed by atoms with Gasteiger partial charge in [-0.25, -0.2) is 0 Å². The van der Waals surface area contributed by atoms with Crippen molar-refractivity contribution < 1.29 is 19.4 Å². The number of rotatable bonds is 7. The Kier molecular flexibility index (Phi) is 7.26. The van der Waals surface area contributed by atoms with Crippen molar-refractivity contribution in [3.05, 3.63) is 114 Å². The molecule has 0 heterocycles. The van der Waals surface area contributed by atoms with E-state index < -0.39 is 21.7 Å². The molecule has 0 unspecified atom stereocenters. The van der Waals surface area contributed by atoms with Crippen LogP contribution in [-0.2, 0) is 4.79 Å². The third-order valence-electron chi connectivity index (χ3n) is 4.34. The number of nitro groups is 2. The first kappa shape index (κ1) is 23.3. The summed E-state index contributed by atoms with van der Waals surface area (Å²) in [5.74, 6) is -1.32. The molecule has 0 spiro atoms. The van der Waals surface area contributed by atoms with Crippen molar-refractivity contribution in [3.8, 4) is 0 Å². The molecule has 3 aromatic carbocycles. The van der Waals surface area contributed by atoms with E-state index >= 15 is 0 Å². The lowest BCUT2D eigenvalue weighted by Gasteiger charge is -2.12. The van der Waals surface area contributed by atoms with Crippen LogP contribution in [0.5, 0.6) is 0 Å². The number of non-ortho nitro benzene ring substituents is 2. The Morgan fingerprint density at radius 1 is 0.848 bits per heavy atom. The molecule has 0 radical (unpaired) electrons. The number of amides is 2. The summed E-state index contributed by atoms with van der Waals surface area (Å²) in [5.41, 5.74) is 0.320. The van der Waals surface area contributed by atoms with Crippen molar-refractivity contribution in [1.82, 2.24) is 5.32 Å². The van der Waals surface area contributed by atoms with E-state index in [4.69, 9.17) is 0 Å². The molecule has 33 heavy (non-hydrogen) atoms. The molecule has 166 valence electrons. The molecule has 10 nitrogen and oxygen atoms in total. The van der Waals surface area contributed by atoms with Crippen LogP contribution in [0, 0.1) is 20.2 Å². The quantitative estimate of drug-likeness (QED) is 0.268. The van der Waals surface area contributed by atoms with Crippen molar-refractivity contribution in [2.24, 2.45) is 0 Å². The summed E-state index contributed by atoms with van der Waals surface area (Å²) in [5, 5.41) is 26.9. The van der Waals surface area contributed by atoms with Gasteiger partial charge in [-0.15, -0.1) is 0 Å². The van der Waals surface area contributed by atoms with E-state index in [9.17, 15) is 29.8 Å². The molecule has 3 rings (SSSR count). The Labute approximate surface area is 195 Å². The van der Waals surface area contributed by atoms with Gasteiger partial charge in [0.2, 0.25) is 0 Å². The van der Waals surface area contributed by atoms with E-state index in [-0.39, 0.29) is 28.3 Å². The predicted octanol–water partition coefficient (Wildman–Crippen LogP) is 4.68. The lowest BCUT2D eigenvalue weighted by molar-refractivity contribution is -0.385. The van der Waals surface area contributed by atoms with Gasteiger partial charge in [0.05, 0.1) is 15.4 Å². The first-order valence-electron chi connectivity index (χ1n) is 9.32. The number of carbonyl (C=O) groups is 2. The van der Waals surface area contributed by atoms with Crippen LogP contribution in [-0.4, -0.2) is 21.7 Å². The normalized spacial score (nSPS) is 10.9. The number of nitrogens with one attached hydrogen (secondary N) is 2. The number of anilines is 1. The summed E-state index contributed by atoms with van der Waals surface area (Å²) in [6.07, 6.45) is 1.34. The second kappa shape index (κ2) is 10.3. The van der Waals surface area contributed by atoms with E-state index in [2.05, 4.69) is 26.6 Å². The second-order valence-electron chi connectivity index (χ2n) is 6.60. The molecule has 0 atom stereocenters. The van der Waals surface area contributed by atoms with Crippen LogP contribution in [0.1, 0.15) is 15.9 Å². The van der Waals surface area contributed by atoms with Gasteiger partial charge in [0.15, 0.2) is 0 Å². The fourth-order valence-electron chi connectivity index (χ4n) is 2.75.